The number of fused-ring (bicyclic) bond motifs is 1. The molecule has 24 heavy (non-hydrogen) atoms. The average Bonchev–Trinajstić information content (AvgIpc) is 3.08. The van der Waals surface area contributed by atoms with Crippen LogP contribution in [0, 0.1) is 0 Å². The normalized spacial score (nSPS) is 13.5. The highest BCUT2D eigenvalue weighted by atomic mass is 16.5. The van der Waals surface area contributed by atoms with Gasteiger partial charge in [-0.3, -0.25) is 4.79 Å². The van der Waals surface area contributed by atoms with Crippen LogP contribution in [0.15, 0.2) is 48.5 Å². The maximum absolute atomic E-state index is 12.1. The molecule has 1 unspecified atom stereocenters. The number of hydrogen-bond donors (Lipinski definition) is 1. The third kappa shape index (κ3) is 3.74. The first kappa shape index (κ1) is 16.1. The average molecular weight is 325 g/mol. The number of nitrogens with one attached hydrogen (secondary N) is 1. The second kappa shape index (κ2) is 7.17. The van der Waals surface area contributed by atoms with E-state index in [0.29, 0.717) is 12.2 Å². The molecule has 1 heterocycles. The molecule has 3 rings (SSSR count). The van der Waals surface area contributed by atoms with Gasteiger partial charge in [-0.05, 0) is 36.2 Å². The van der Waals surface area contributed by atoms with Crippen molar-refractivity contribution >= 4 is 11.9 Å². The van der Waals surface area contributed by atoms with E-state index in [1.807, 2.05) is 37.3 Å². The molecular weight excluding hydrogens is 306 g/mol. The van der Waals surface area contributed by atoms with Crippen LogP contribution >= 0.6 is 0 Å². The highest BCUT2D eigenvalue weighted by Gasteiger charge is 2.17. The van der Waals surface area contributed by atoms with Gasteiger partial charge in [-0.15, -0.1) is 0 Å². The smallest absolute Gasteiger partial charge is 0.338 e. The second-order valence-electron chi connectivity index (χ2n) is 5.70. The summed E-state index contributed by atoms with van der Waals surface area (Å²) in [5.74, 6) is -0.0302. The van der Waals surface area contributed by atoms with Crippen molar-refractivity contribution in [2.75, 3.05) is 13.2 Å². The molecule has 2 aromatic rings. The number of carbonyl (C=O) groups excluding carboxylic acids is 2. The SMILES string of the molecule is CC(NC(=O)COC(=O)c1ccc2c(c1)CCO2)c1ccccc1. The van der Waals surface area contributed by atoms with Gasteiger partial charge >= 0.3 is 5.97 Å². The zero-order valence-electron chi connectivity index (χ0n) is 13.5. The number of amides is 1. The van der Waals surface area contributed by atoms with Crippen LogP contribution in [0.2, 0.25) is 0 Å². The van der Waals surface area contributed by atoms with E-state index in [9.17, 15) is 9.59 Å². The molecule has 0 radical (unpaired) electrons. The van der Waals surface area contributed by atoms with Crippen LogP contribution in [0.3, 0.4) is 0 Å². The van der Waals surface area contributed by atoms with Gasteiger partial charge in [0.1, 0.15) is 5.75 Å². The second-order valence-corrected chi connectivity index (χ2v) is 5.70. The van der Waals surface area contributed by atoms with Crippen molar-refractivity contribution in [3.05, 3.63) is 65.2 Å². The zero-order chi connectivity index (χ0) is 16.9. The quantitative estimate of drug-likeness (QED) is 0.859. The third-order valence-corrected chi connectivity index (χ3v) is 3.94. The molecule has 1 N–H and O–H groups in total. The van der Waals surface area contributed by atoms with Crippen LogP contribution < -0.4 is 10.1 Å². The lowest BCUT2D eigenvalue weighted by Crippen LogP contribution is -2.31. The van der Waals surface area contributed by atoms with Crippen LogP contribution in [0.5, 0.6) is 5.75 Å². The summed E-state index contributed by atoms with van der Waals surface area (Å²) >= 11 is 0. The van der Waals surface area contributed by atoms with E-state index < -0.39 is 5.97 Å². The van der Waals surface area contributed by atoms with Gasteiger partial charge in [0, 0.05) is 6.42 Å². The zero-order valence-corrected chi connectivity index (χ0v) is 13.5. The number of rotatable bonds is 5. The molecule has 2 aromatic carbocycles. The number of ether oxygens (including phenoxy) is 2. The van der Waals surface area contributed by atoms with Crippen molar-refractivity contribution in [3.63, 3.8) is 0 Å². The summed E-state index contributed by atoms with van der Waals surface area (Å²) in [6, 6.07) is 14.6. The Morgan fingerprint density at radius 3 is 2.79 bits per heavy atom. The van der Waals surface area contributed by atoms with Crippen molar-refractivity contribution in [1.29, 1.82) is 0 Å². The molecule has 0 aromatic heterocycles. The summed E-state index contributed by atoms with van der Waals surface area (Å²) in [6.07, 6.45) is 0.783. The van der Waals surface area contributed by atoms with Crippen LogP contribution in [-0.2, 0) is 16.0 Å². The molecule has 5 nitrogen and oxygen atoms in total. The number of esters is 1. The monoisotopic (exact) mass is 325 g/mol. The lowest BCUT2D eigenvalue weighted by Gasteiger charge is -2.14. The standard InChI is InChI=1S/C19H19NO4/c1-13(14-5-3-2-4-6-14)20-18(21)12-24-19(22)16-7-8-17-15(11-16)9-10-23-17/h2-8,11,13H,9-10,12H2,1H3,(H,20,21). The summed E-state index contributed by atoms with van der Waals surface area (Å²) in [4.78, 5) is 24.0. The van der Waals surface area contributed by atoms with Crippen molar-refractivity contribution in [3.8, 4) is 5.75 Å². The van der Waals surface area contributed by atoms with Crippen LogP contribution in [0.25, 0.3) is 0 Å². The number of benzene rings is 2. The summed E-state index contributed by atoms with van der Waals surface area (Å²) in [5.41, 5.74) is 2.42. The van der Waals surface area contributed by atoms with E-state index >= 15 is 0 Å². The first-order chi connectivity index (χ1) is 11.6. The molecule has 5 heteroatoms. The van der Waals surface area contributed by atoms with Gasteiger partial charge < -0.3 is 14.8 Å². The molecule has 1 atom stereocenters. The third-order valence-electron chi connectivity index (χ3n) is 3.94. The van der Waals surface area contributed by atoms with Gasteiger partial charge in [-0.25, -0.2) is 4.79 Å². The Kier molecular flexibility index (Phi) is 4.79. The molecular formula is C19H19NO4. The van der Waals surface area contributed by atoms with Crippen LogP contribution in [0.1, 0.15) is 34.5 Å². The minimum absolute atomic E-state index is 0.144. The number of carbonyl (C=O) groups is 2. The number of hydrogen-bond acceptors (Lipinski definition) is 4. The topological polar surface area (TPSA) is 64.6 Å². The minimum Gasteiger partial charge on any atom is -0.493 e. The van der Waals surface area contributed by atoms with E-state index in [2.05, 4.69) is 5.32 Å². The molecule has 124 valence electrons. The van der Waals surface area contributed by atoms with Gasteiger partial charge in [0.25, 0.3) is 5.91 Å². The molecule has 0 bridgehead atoms. The van der Waals surface area contributed by atoms with E-state index in [4.69, 9.17) is 9.47 Å². The molecule has 0 saturated carbocycles. The van der Waals surface area contributed by atoms with E-state index in [0.717, 1.165) is 23.3 Å². The van der Waals surface area contributed by atoms with Gasteiger partial charge in [-0.2, -0.15) is 0 Å². The summed E-state index contributed by atoms with van der Waals surface area (Å²) in [7, 11) is 0. The maximum atomic E-state index is 12.1. The van der Waals surface area contributed by atoms with Gasteiger partial charge in [-0.1, -0.05) is 30.3 Å². The van der Waals surface area contributed by atoms with E-state index in [1.165, 1.54) is 0 Å². The van der Waals surface area contributed by atoms with Gasteiger partial charge in [0.15, 0.2) is 6.61 Å². The van der Waals surface area contributed by atoms with Gasteiger partial charge in [0.05, 0.1) is 18.2 Å². The summed E-state index contributed by atoms with van der Waals surface area (Å²) in [5, 5.41) is 2.81. The van der Waals surface area contributed by atoms with Crippen molar-refractivity contribution in [2.45, 2.75) is 19.4 Å². The van der Waals surface area contributed by atoms with Crippen LogP contribution in [-0.4, -0.2) is 25.1 Å². The molecule has 1 aliphatic heterocycles. The maximum Gasteiger partial charge on any atom is 0.338 e. The van der Waals surface area contributed by atoms with E-state index in [1.54, 1.807) is 18.2 Å². The Morgan fingerprint density at radius 1 is 1.21 bits per heavy atom. The molecule has 0 saturated heterocycles. The lowest BCUT2D eigenvalue weighted by atomic mass is 10.1. The predicted octanol–water partition coefficient (Wildman–Crippen LogP) is 2.66. The Bertz CT molecular complexity index is 742. The van der Waals surface area contributed by atoms with Crippen molar-refractivity contribution < 1.29 is 19.1 Å². The Balaban J connectivity index is 1.51. The molecule has 0 spiro atoms. The summed E-state index contributed by atoms with van der Waals surface area (Å²) in [6.45, 7) is 2.22. The molecule has 0 fully saturated rings. The molecule has 1 amide bonds. The van der Waals surface area contributed by atoms with Crippen molar-refractivity contribution in [2.24, 2.45) is 0 Å². The fraction of sp³-hybridized carbons (Fsp3) is 0.263. The predicted molar refractivity (Wildman–Crippen MR) is 88.9 cm³/mol. The largest absolute Gasteiger partial charge is 0.493 e. The fourth-order valence-corrected chi connectivity index (χ4v) is 2.64. The first-order valence-electron chi connectivity index (χ1n) is 7.90. The highest BCUT2D eigenvalue weighted by molar-refractivity contribution is 5.91. The lowest BCUT2D eigenvalue weighted by molar-refractivity contribution is -0.124. The highest BCUT2D eigenvalue weighted by Crippen LogP contribution is 2.26. The fourth-order valence-electron chi connectivity index (χ4n) is 2.64. The Morgan fingerprint density at radius 2 is 2.00 bits per heavy atom. The molecule has 1 aliphatic rings. The van der Waals surface area contributed by atoms with Crippen LogP contribution in [0.4, 0.5) is 0 Å². The van der Waals surface area contributed by atoms with E-state index in [-0.39, 0.29) is 18.6 Å². The van der Waals surface area contributed by atoms with Gasteiger partial charge in [0.2, 0.25) is 0 Å². The minimum atomic E-state index is -0.507. The molecule has 0 aliphatic carbocycles. The first-order valence-corrected chi connectivity index (χ1v) is 7.90. The van der Waals surface area contributed by atoms with Crippen molar-refractivity contribution in [1.82, 2.24) is 5.32 Å². The Hall–Kier alpha value is -2.82. The summed E-state index contributed by atoms with van der Waals surface area (Å²) < 4.78 is 10.5. The Labute approximate surface area is 140 Å².